The largest absolute Gasteiger partial charge is 0.744 e. The molecule has 0 saturated carbocycles. The molecule has 6 rings (SSSR count). The minimum atomic E-state index is -4.31. The third-order valence-electron chi connectivity index (χ3n) is 8.77. The normalized spacial score (nSPS) is 11.5. The molecule has 6 aromatic rings. The Morgan fingerprint density at radius 2 is 1.08 bits per heavy atom. The molecule has 0 N–H and O–H groups in total. The highest BCUT2D eigenvalue weighted by atomic mass is 32.2. The van der Waals surface area contributed by atoms with Gasteiger partial charge in [-0.05, 0) is 79.1 Å². The second-order valence-electron chi connectivity index (χ2n) is 12.5. The molecule has 0 unspecified atom stereocenters. The molecule has 0 aliphatic rings. The van der Waals surface area contributed by atoms with Crippen molar-refractivity contribution in [3.05, 3.63) is 143 Å². The number of hydrogen-bond acceptors (Lipinski definition) is 5. The van der Waals surface area contributed by atoms with Crippen molar-refractivity contribution in [3.63, 3.8) is 0 Å². The zero-order valence-corrected chi connectivity index (χ0v) is 30.4. The van der Waals surface area contributed by atoms with Crippen LogP contribution in [0.1, 0.15) is 76.7 Å². The summed E-state index contributed by atoms with van der Waals surface area (Å²) in [5, 5.41) is 1.24. The van der Waals surface area contributed by atoms with E-state index in [0.29, 0.717) is 21.9 Å². The number of rotatable bonds is 15. The standard InChI is InChI=1S/C25H17O2S.C18H30O3S/c26-25-21-13-7-8-14-23(21)27-24-16-15-20(17-22(24)25)28(18-9-3-1-4-10-18)19-11-5-2-6-12-19;1-2-3-4-5-6-7-8-9-10-11-12-17-13-15-18(16-14-17)22(19,20)21/h1-17H;13-16H,2-12H2,1H3,(H,19,20,21)/q+1;/p-1. The summed E-state index contributed by atoms with van der Waals surface area (Å²) >= 11 is 0. The minimum absolute atomic E-state index is 0.0170. The Hall–Kier alpha value is -4.17. The van der Waals surface area contributed by atoms with Gasteiger partial charge in [0.05, 0.1) is 26.6 Å². The van der Waals surface area contributed by atoms with Crippen molar-refractivity contribution in [1.29, 1.82) is 0 Å². The third kappa shape index (κ3) is 10.4. The lowest BCUT2D eigenvalue weighted by atomic mass is 10.0. The topological polar surface area (TPSA) is 87.4 Å². The molecule has 1 heterocycles. The molecule has 1 aromatic heterocycles. The Balaban J connectivity index is 0.000000202. The quantitative estimate of drug-likeness (QED) is 0.0459. The molecule has 0 saturated heterocycles. The molecule has 0 aliphatic carbocycles. The van der Waals surface area contributed by atoms with Gasteiger partial charge in [0.25, 0.3) is 0 Å². The Bertz CT molecular complexity index is 2050. The molecule has 5 nitrogen and oxygen atoms in total. The average molecular weight is 707 g/mol. The van der Waals surface area contributed by atoms with Gasteiger partial charge in [-0.2, -0.15) is 0 Å². The Morgan fingerprint density at radius 3 is 1.66 bits per heavy atom. The first-order valence-electron chi connectivity index (χ1n) is 17.7. The maximum atomic E-state index is 13.1. The van der Waals surface area contributed by atoms with E-state index >= 15 is 0 Å². The van der Waals surface area contributed by atoms with Crippen LogP contribution in [0.3, 0.4) is 0 Å². The van der Waals surface area contributed by atoms with Crippen molar-refractivity contribution in [1.82, 2.24) is 0 Å². The summed E-state index contributed by atoms with van der Waals surface area (Å²) in [4.78, 5) is 16.5. The van der Waals surface area contributed by atoms with Gasteiger partial charge >= 0.3 is 0 Å². The molecule has 50 heavy (non-hydrogen) atoms. The molecular weight excluding hydrogens is 661 g/mol. The van der Waals surface area contributed by atoms with E-state index in [9.17, 15) is 17.8 Å². The molecule has 0 fully saturated rings. The molecule has 5 aromatic carbocycles. The van der Waals surface area contributed by atoms with Gasteiger partial charge in [-0.15, -0.1) is 0 Å². The minimum Gasteiger partial charge on any atom is -0.744 e. The maximum absolute atomic E-state index is 13.1. The van der Waals surface area contributed by atoms with Crippen LogP contribution in [0.4, 0.5) is 0 Å². The molecule has 0 aliphatic heterocycles. The molecular formula is C43H46O5S2. The van der Waals surface area contributed by atoms with Crippen molar-refractivity contribution in [3.8, 4) is 0 Å². The van der Waals surface area contributed by atoms with E-state index in [1.165, 1.54) is 79.7 Å². The molecule has 0 amide bonds. The smallest absolute Gasteiger partial charge is 0.200 e. The van der Waals surface area contributed by atoms with E-state index in [2.05, 4.69) is 61.5 Å². The van der Waals surface area contributed by atoms with Crippen LogP contribution >= 0.6 is 0 Å². The van der Waals surface area contributed by atoms with Crippen LogP contribution < -0.4 is 5.43 Å². The Kier molecular flexibility index (Phi) is 13.9. The van der Waals surface area contributed by atoms with E-state index in [-0.39, 0.29) is 21.2 Å². The number of benzene rings is 5. The number of hydrogen-bond donors (Lipinski definition) is 0. The van der Waals surface area contributed by atoms with Crippen molar-refractivity contribution in [2.24, 2.45) is 0 Å². The first-order chi connectivity index (χ1) is 24.3. The predicted molar refractivity (Wildman–Crippen MR) is 205 cm³/mol. The van der Waals surface area contributed by atoms with Crippen LogP contribution in [-0.4, -0.2) is 13.0 Å². The first kappa shape index (κ1) is 37.1. The predicted octanol–water partition coefficient (Wildman–Crippen LogP) is 11.1. The number of unbranched alkanes of at least 4 members (excludes halogenated alkanes) is 9. The molecule has 0 radical (unpaired) electrons. The van der Waals surface area contributed by atoms with E-state index in [0.717, 1.165) is 23.3 Å². The lowest BCUT2D eigenvalue weighted by Gasteiger charge is -2.09. The van der Waals surface area contributed by atoms with Gasteiger partial charge in [0.2, 0.25) is 5.43 Å². The van der Waals surface area contributed by atoms with Crippen LogP contribution in [-0.2, 0) is 27.4 Å². The highest BCUT2D eigenvalue weighted by Crippen LogP contribution is 2.33. The summed E-state index contributed by atoms with van der Waals surface area (Å²) in [6.07, 6.45) is 14.0. The van der Waals surface area contributed by atoms with Crippen molar-refractivity contribution in [2.75, 3.05) is 0 Å². The molecule has 0 spiro atoms. The third-order valence-corrected chi connectivity index (χ3v) is 11.8. The maximum Gasteiger partial charge on any atom is 0.200 e. The summed E-state index contributed by atoms with van der Waals surface area (Å²) in [6, 6.07) is 40.6. The van der Waals surface area contributed by atoms with E-state index < -0.39 is 10.1 Å². The molecule has 0 atom stereocenters. The first-order valence-corrected chi connectivity index (χ1v) is 20.3. The number of aryl methyl sites for hydroxylation is 1. The van der Waals surface area contributed by atoms with Crippen LogP contribution in [0.5, 0.6) is 0 Å². The van der Waals surface area contributed by atoms with Gasteiger partial charge in [-0.1, -0.05) is 125 Å². The van der Waals surface area contributed by atoms with Gasteiger partial charge in [0, 0.05) is 6.07 Å². The van der Waals surface area contributed by atoms with Gasteiger partial charge in [0.15, 0.2) is 14.7 Å². The zero-order chi connectivity index (χ0) is 35.2. The average Bonchev–Trinajstić information content (AvgIpc) is 3.14. The van der Waals surface area contributed by atoms with Gasteiger partial charge in [-0.25, -0.2) is 8.42 Å². The van der Waals surface area contributed by atoms with Gasteiger partial charge in [0.1, 0.15) is 21.3 Å². The van der Waals surface area contributed by atoms with Crippen LogP contribution in [0.15, 0.2) is 156 Å². The zero-order valence-electron chi connectivity index (χ0n) is 28.8. The number of para-hydroxylation sites is 1. The fourth-order valence-electron chi connectivity index (χ4n) is 6.07. The van der Waals surface area contributed by atoms with Crippen LogP contribution in [0.2, 0.25) is 0 Å². The second-order valence-corrected chi connectivity index (χ2v) is 16.0. The van der Waals surface area contributed by atoms with Crippen molar-refractivity contribution < 1.29 is 17.4 Å². The van der Waals surface area contributed by atoms with Crippen LogP contribution in [0.25, 0.3) is 21.9 Å². The summed E-state index contributed by atoms with van der Waals surface area (Å²) < 4.78 is 38.5. The van der Waals surface area contributed by atoms with E-state index in [1.54, 1.807) is 12.1 Å². The SMILES string of the molecule is CCCCCCCCCCCCc1ccc(S(=O)(=O)[O-])cc1.O=c1c2ccccc2oc2ccc([S+](c3ccccc3)c3ccccc3)cc12. The summed E-state index contributed by atoms with van der Waals surface area (Å²) in [5.41, 5.74) is 2.37. The van der Waals surface area contributed by atoms with Gasteiger partial charge < -0.3 is 8.97 Å². The lowest BCUT2D eigenvalue weighted by molar-refractivity contribution is 0.463. The fraction of sp³-hybridized carbons (Fsp3) is 0.279. The van der Waals surface area contributed by atoms with E-state index in [4.69, 9.17) is 4.42 Å². The molecule has 260 valence electrons. The monoisotopic (exact) mass is 706 g/mol. The van der Waals surface area contributed by atoms with E-state index in [1.807, 2.05) is 48.5 Å². The summed E-state index contributed by atoms with van der Waals surface area (Å²) in [7, 11) is -4.61. The van der Waals surface area contributed by atoms with Crippen LogP contribution in [0, 0.1) is 0 Å². The summed E-state index contributed by atoms with van der Waals surface area (Å²) in [5.74, 6) is 0. The van der Waals surface area contributed by atoms with Crippen molar-refractivity contribution in [2.45, 2.75) is 97.1 Å². The second kappa shape index (κ2) is 18.7. The Labute approximate surface area is 299 Å². The lowest BCUT2D eigenvalue weighted by Crippen LogP contribution is -2.07. The summed E-state index contributed by atoms with van der Waals surface area (Å²) in [6.45, 7) is 2.24. The molecule has 7 heteroatoms. The van der Waals surface area contributed by atoms with Crippen molar-refractivity contribution >= 4 is 43.0 Å². The Morgan fingerprint density at radius 1 is 0.560 bits per heavy atom. The molecule has 0 bridgehead atoms. The fourth-order valence-corrected chi connectivity index (χ4v) is 8.65. The number of fused-ring (bicyclic) bond motifs is 2. The highest BCUT2D eigenvalue weighted by molar-refractivity contribution is 7.97. The van der Waals surface area contributed by atoms with Gasteiger partial charge in [-0.3, -0.25) is 4.79 Å². The highest BCUT2D eigenvalue weighted by Gasteiger charge is 2.29.